The second-order valence-corrected chi connectivity index (χ2v) is 25.9. The van der Waals surface area contributed by atoms with Gasteiger partial charge in [0.2, 0.25) is 0 Å². The molecule has 22 aromatic rings. The summed E-state index contributed by atoms with van der Waals surface area (Å²) in [5, 5.41) is 19.7. The SMILES string of the molecule is c1ccc(-n2c3cc4c(cc3c3c5ccccc5ccc32)c2ccccc2n4-c2ccc(-c3ccc4c(c3)oc3ccccc34)cc2)cc1.c1ccc(-n2c3cc4c(cc3c3c5ccccc5ccc32)c2ccccc2n4-c2cccc(-c3cccc4c3oc3ccccc34)c2)cc1. The Bertz CT molecular complexity index is 7040. The van der Waals surface area contributed by atoms with E-state index in [-0.39, 0.29) is 0 Å². The van der Waals surface area contributed by atoms with Crippen molar-refractivity contribution in [2.45, 2.75) is 0 Å². The van der Waals surface area contributed by atoms with Crippen LogP contribution in [0.15, 0.2) is 349 Å². The van der Waals surface area contributed by atoms with Crippen LogP contribution < -0.4 is 0 Å². The number of benzene rings is 16. The van der Waals surface area contributed by atoms with E-state index in [4.69, 9.17) is 8.83 Å². The van der Waals surface area contributed by atoms with Gasteiger partial charge in [-0.1, -0.05) is 218 Å². The van der Waals surface area contributed by atoms with E-state index in [9.17, 15) is 0 Å². The molecule has 6 aromatic heterocycles. The first-order chi connectivity index (χ1) is 48.6. The van der Waals surface area contributed by atoms with E-state index >= 15 is 0 Å². The molecule has 0 bridgehead atoms. The van der Waals surface area contributed by atoms with Gasteiger partial charge in [-0.3, -0.25) is 0 Å². The van der Waals surface area contributed by atoms with Crippen molar-refractivity contribution in [1.82, 2.24) is 18.3 Å². The van der Waals surface area contributed by atoms with Crippen LogP contribution in [0.25, 0.3) is 198 Å². The molecule has 0 N–H and O–H groups in total. The molecular weight excluding hydrogens is 1190 g/mol. The molecule has 0 unspecified atom stereocenters. The van der Waals surface area contributed by atoms with Crippen LogP contribution >= 0.6 is 0 Å². The van der Waals surface area contributed by atoms with Gasteiger partial charge < -0.3 is 27.1 Å². The smallest absolute Gasteiger partial charge is 0.143 e. The Balaban J connectivity index is 0.000000129. The zero-order valence-electron chi connectivity index (χ0n) is 52.9. The molecule has 6 heteroatoms. The number of para-hydroxylation sites is 7. The van der Waals surface area contributed by atoms with Gasteiger partial charge in [0.05, 0.1) is 44.1 Å². The van der Waals surface area contributed by atoms with Gasteiger partial charge in [-0.05, 0) is 160 Å². The first kappa shape index (κ1) is 54.3. The normalized spacial score (nSPS) is 12.1. The van der Waals surface area contributed by atoms with Crippen LogP contribution in [0.3, 0.4) is 0 Å². The summed E-state index contributed by atoms with van der Waals surface area (Å²) in [4.78, 5) is 0. The lowest BCUT2D eigenvalue weighted by molar-refractivity contribution is 0.669. The monoisotopic (exact) mass is 1250 g/mol. The number of hydrogen-bond donors (Lipinski definition) is 0. The van der Waals surface area contributed by atoms with Crippen LogP contribution in [0.5, 0.6) is 0 Å². The van der Waals surface area contributed by atoms with Gasteiger partial charge in [-0.25, -0.2) is 0 Å². The van der Waals surface area contributed by atoms with Crippen molar-refractivity contribution in [2.75, 3.05) is 0 Å². The first-order valence-corrected chi connectivity index (χ1v) is 33.5. The van der Waals surface area contributed by atoms with Crippen molar-refractivity contribution >= 4 is 153 Å². The summed E-state index contributed by atoms with van der Waals surface area (Å²) in [5.41, 5.74) is 22.3. The van der Waals surface area contributed by atoms with Gasteiger partial charge in [-0.15, -0.1) is 0 Å². The van der Waals surface area contributed by atoms with Gasteiger partial charge in [-0.2, -0.15) is 0 Å². The summed E-state index contributed by atoms with van der Waals surface area (Å²) in [7, 11) is 0. The summed E-state index contributed by atoms with van der Waals surface area (Å²) >= 11 is 0. The van der Waals surface area contributed by atoms with Crippen molar-refractivity contribution in [3.63, 3.8) is 0 Å². The highest BCUT2D eigenvalue weighted by atomic mass is 16.3. The van der Waals surface area contributed by atoms with Crippen molar-refractivity contribution in [2.24, 2.45) is 0 Å². The van der Waals surface area contributed by atoms with Gasteiger partial charge in [0.15, 0.2) is 0 Å². The molecule has 6 nitrogen and oxygen atoms in total. The molecule has 16 aromatic carbocycles. The molecule has 0 saturated carbocycles. The predicted octanol–water partition coefficient (Wildman–Crippen LogP) is 25.2. The lowest BCUT2D eigenvalue weighted by Crippen LogP contribution is -1.96. The van der Waals surface area contributed by atoms with Crippen LogP contribution in [0.4, 0.5) is 0 Å². The third-order valence-corrected chi connectivity index (χ3v) is 20.6. The van der Waals surface area contributed by atoms with E-state index in [0.717, 1.165) is 88.9 Å². The maximum Gasteiger partial charge on any atom is 0.143 e. The van der Waals surface area contributed by atoms with E-state index in [1.807, 2.05) is 24.3 Å². The highest BCUT2D eigenvalue weighted by molar-refractivity contribution is 6.27. The molecular formula is C92H56N4O2. The molecule has 0 aliphatic rings. The highest BCUT2D eigenvalue weighted by Gasteiger charge is 2.24. The summed E-state index contributed by atoms with van der Waals surface area (Å²) < 4.78 is 22.4. The molecule has 0 atom stereocenters. The summed E-state index contributed by atoms with van der Waals surface area (Å²) in [6, 6.07) is 123. The van der Waals surface area contributed by atoms with E-state index in [1.165, 1.54) is 109 Å². The number of rotatable bonds is 6. The minimum atomic E-state index is 0.911. The predicted molar refractivity (Wildman–Crippen MR) is 411 cm³/mol. The first-order valence-electron chi connectivity index (χ1n) is 33.5. The average molecular weight is 1250 g/mol. The summed E-state index contributed by atoms with van der Waals surface area (Å²) in [6.45, 7) is 0. The van der Waals surface area contributed by atoms with E-state index in [2.05, 4.69) is 334 Å². The lowest BCUT2D eigenvalue weighted by Gasteiger charge is -2.12. The maximum absolute atomic E-state index is 6.46. The van der Waals surface area contributed by atoms with Gasteiger partial charge in [0, 0.05) is 92.9 Å². The zero-order chi connectivity index (χ0) is 64.1. The van der Waals surface area contributed by atoms with Gasteiger partial charge in [0.1, 0.15) is 22.3 Å². The fourth-order valence-electron chi connectivity index (χ4n) is 16.3. The zero-order valence-corrected chi connectivity index (χ0v) is 52.9. The minimum Gasteiger partial charge on any atom is -0.456 e. The molecule has 0 radical (unpaired) electrons. The van der Waals surface area contributed by atoms with E-state index < -0.39 is 0 Å². The van der Waals surface area contributed by atoms with Crippen LogP contribution in [0, 0.1) is 0 Å². The van der Waals surface area contributed by atoms with E-state index in [0.29, 0.717) is 0 Å². The van der Waals surface area contributed by atoms with Crippen molar-refractivity contribution in [1.29, 1.82) is 0 Å². The second kappa shape index (κ2) is 21.2. The standard InChI is InChI=1S/2C46H28N2O/c1-2-14-31(15-3-1)47-41-25-24-29-12-4-5-17-33(29)45(41)39-27-38-35-18-6-8-22-40(35)48(42(38)28-43(39)47)32-16-10-13-30(26-32)34-20-11-21-37-36-19-7-9-23-44(36)49-46(34)37;1-2-11-32(12-3-1)48-41-25-21-30-10-4-5-13-34(30)46(41)39-27-38-35-14-6-8-16-40(35)47(42(38)28-43(39)48)33-22-18-29(19-23-33)31-20-24-37-36-15-7-9-17-44(36)49-45(37)26-31/h2*1-28H. The average Bonchev–Trinajstić information content (AvgIpc) is 1.49. The fourth-order valence-corrected chi connectivity index (χ4v) is 16.3. The number of hydrogen-bond acceptors (Lipinski definition) is 2. The number of fused-ring (bicyclic) bond motifs is 22. The Morgan fingerprint density at radius 2 is 0.612 bits per heavy atom. The van der Waals surface area contributed by atoms with Crippen molar-refractivity contribution < 1.29 is 8.83 Å². The van der Waals surface area contributed by atoms with Crippen LogP contribution in [0.1, 0.15) is 0 Å². The summed E-state index contributed by atoms with van der Waals surface area (Å²) in [6.07, 6.45) is 0. The molecule has 0 aliphatic carbocycles. The largest absolute Gasteiger partial charge is 0.456 e. The molecule has 0 aliphatic heterocycles. The molecule has 22 rings (SSSR count). The Hall–Kier alpha value is -13.2. The number of aromatic nitrogens is 4. The lowest BCUT2D eigenvalue weighted by atomic mass is 10.0. The fraction of sp³-hybridized carbons (Fsp3) is 0. The minimum absolute atomic E-state index is 0.911. The molecule has 98 heavy (non-hydrogen) atoms. The third kappa shape index (κ3) is 8.09. The number of furan rings is 2. The van der Waals surface area contributed by atoms with Gasteiger partial charge in [0.25, 0.3) is 0 Å². The van der Waals surface area contributed by atoms with Crippen LogP contribution in [0.2, 0.25) is 0 Å². The Labute approximate surface area is 561 Å². The maximum atomic E-state index is 6.46. The van der Waals surface area contributed by atoms with Gasteiger partial charge >= 0.3 is 0 Å². The molecule has 0 spiro atoms. The van der Waals surface area contributed by atoms with Crippen LogP contribution in [-0.4, -0.2) is 18.3 Å². The van der Waals surface area contributed by atoms with E-state index in [1.54, 1.807) is 0 Å². The van der Waals surface area contributed by atoms with Crippen molar-refractivity contribution in [3.8, 4) is 45.0 Å². The molecule has 0 saturated heterocycles. The Kier molecular flexibility index (Phi) is 11.7. The molecule has 0 amide bonds. The van der Waals surface area contributed by atoms with Crippen LogP contribution in [-0.2, 0) is 0 Å². The third-order valence-electron chi connectivity index (χ3n) is 20.6. The summed E-state index contributed by atoms with van der Waals surface area (Å²) in [5.74, 6) is 0. The number of nitrogens with zero attached hydrogens (tertiary/aromatic N) is 4. The Morgan fingerprint density at radius 1 is 0.184 bits per heavy atom. The second-order valence-electron chi connectivity index (χ2n) is 25.9. The molecule has 0 fully saturated rings. The quantitative estimate of drug-likeness (QED) is 0.167. The molecule has 6 heterocycles. The highest BCUT2D eigenvalue weighted by Crippen LogP contribution is 2.46. The van der Waals surface area contributed by atoms with Crippen molar-refractivity contribution in [3.05, 3.63) is 340 Å². The Morgan fingerprint density at radius 3 is 1.21 bits per heavy atom. The topological polar surface area (TPSA) is 46.0 Å². The molecule has 456 valence electrons.